The Bertz CT molecular complexity index is 1700. The predicted molar refractivity (Wildman–Crippen MR) is 179 cm³/mol. The maximum Gasteiger partial charge on any atom is 0.329 e. The maximum atomic E-state index is 14.0. The Morgan fingerprint density at radius 1 is 0.875 bits per heavy atom. The van der Waals surface area contributed by atoms with Gasteiger partial charge in [0.15, 0.2) is 11.5 Å². The van der Waals surface area contributed by atoms with E-state index in [2.05, 4.69) is 4.98 Å². The summed E-state index contributed by atoms with van der Waals surface area (Å²) in [6.07, 6.45) is 5.97. The number of methoxy groups -OCH3 is 3. The highest BCUT2D eigenvalue weighted by molar-refractivity contribution is 6.43. The molecule has 48 heavy (non-hydrogen) atoms. The zero-order valence-corrected chi connectivity index (χ0v) is 27.6. The van der Waals surface area contributed by atoms with E-state index in [1.54, 1.807) is 12.4 Å². The minimum absolute atomic E-state index is 0.0389. The molecule has 4 aromatic rings. The highest BCUT2D eigenvalue weighted by Crippen LogP contribution is 2.39. The number of amides is 1. The molecule has 1 heterocycles. The Hall–Kier alpha value is -5.38. The molecule has 1 aliphatic rings. The number of hydrogen-bond donors (Lipinski definition) is 0. The molecule has 0 bridgehead atoms. The van der Waals surface area contributed by atoms with Crippen molar-refractivity contribution in [3.63, 3.8) is 0 Å². The summed E-state index contributed by atoms with van der Waals surface area (Å²) in [7, 11) is 5.75. The smallest absolute Gasteiger partial charge is 0.329 e. The lowest BCUT2D eigenvalue weighted by Crippen LogP contribution is -2.46. The minimum Gasteiger partial charge on any atom is -0.493 e. The molecule has 1 amide bonds. The first-order chi connectivity index (χ1) is 23.3. The number of aryl methyl sites for hydroxylation is 2. The second-order valence-corrected chi connectivity index (χ2v) is 11.5. The first-order valence-electron chi connectivity index (χ1n) is 15.8. The SMILES string of the molecule is COc1cc(C(=O)C(=O)N(C)[C@@H](CCc2ccccc2)C(=O)O[C@@H]2CCCc3ccc(OCc4ccncc4)cc32)cc(OC)c1OC. The lowest BCUT2D eigenvalue weighted by Gasteiger charge is -2.31. The molecule has 250 valence electrons. The van der Waals surface area contributed by atoms with E-state index in [-0.39, 0.29) is 23.5 Å². The number of esters is 1. The van der Waals surface area contributed by atoms with Gasteiger partial charge in [-0.25, -0.2) is 4.79 Å². The van der Waals surface area contributed by atoms with Crippen molar-refractivity contribution < 1.29 is 38.1 Å². The lowest BCUT2D eigenvalue weighted by atomic mass is 9.89. The number of aromatic nitrogens is 1. The monoisotopic (exact) mass is 652 g/mol. The third-order valence-electron chi connectivity index (χ3n) is 8.52. The molecular weight excluding hydrogens is 612 g/mol. The van der Waals surface area contributed by atoms with Gasteiger partial charge in [-0.05, 0) is 90.8 Å². The van der Waals surface area contributed by atoms with Gasteiger partial charge in [0.05, 0.1) is 21.3 Å². The second-order valence-electron chi connectivity index (χ2n) is 11.5. The number of pyridine rings is 1. The van der Waals surface area contributed by atoms with E-state index in [0.717, 1.165) is 35.1 Å². The number of ether oxygens (including phenoxy) is 5. The fourth-order valence-corrected chi connectivity index (χ4v) is 5.87. The van der Waals surface area contributed by atoms with Crippen LogP contribution >= 0.6 is 0 Å². The van der Waals surface area contributed by atoms with E-state index in [1.165, 1.54) is 45.4 Å². The number of benzene rings is 3. The molecule has 0 spiro atoms. The number of rotatable bonds is 14. The zero-order chi connectivity index (χ0) is 34.0. The highest BCUT2D eigenvalue weighted by Gasteiger charge is 2.35. The predicted octanol–water partition coefficient (Wildman–Crippen LogP) is 5.95. The number of nitrogens with zero attached hydrogens (tertiary/aromatic N) is 2. The average molecular weight is 653 g/mol. The molecule has 3 aromatic carbocycles. The van der Waals surface area contributed by atoms with Crippen LogP contribution in [-0.2, 0) is 33.8 Å². The average Bonchev–Trinajstić information content (AvgIpc) is 3.13. The highest BCUT2D eigenvalue weighted by atomic mass is 16.5. The van der Waals surface area contributed by atoms with Gasteiger partial charge in [0.25, 0.3) is 11.7 Å². The molecule has 0 N–H and O–H groups in total. The molecule has 2 atom stereocenters. The minimum atomic E-state index is -1.03. The van der Waals surface area contributed by atoms with Gasteiger partial charge in [-0.1, -0.05) is 36.4 Å². The standard InChI is InChI=1S/C38H40N2O8/c1-40(37(42)35(41)28-21-33(44-2)36(46-4)34(22-28)45-3)31(16-13-25-9-6-5-7-10-25)38(43)48-32-12-8-11-27-14-15-29(23-30(27)32)47-24-26-17-19-39-20-18-26/h5-7,9-10,14-15,17-23,31-32H,8,11-13,16,24H2,1-4H3/t31-,32+/m0/s1. The number of carbonyl (C=O) groups is 3. The van der Waals surface area contributed by atoms with Crippen molar-refractivity contribution in [2.24, 2.45) is 0 Å². The maximum absolute atomic E-state index is 14.0. The third kappa shape index (κ3) is 7.94. The van der Waals surface area contributed by atoms with Crippen LogP contribution in [0.1, 0.15) is 58.0 Å². The molecule has 0 fully saturated rings. The molecule has 0 aliphatic heterocycles. The van der Waals surface area contributed by atoms with Gasteiger partial charge in [0.2, 0.25) is 5.75 Å². The summed E-state index contributed by atoms with van der Waals surface area (Å²) >= 11 is 0. The van der Waals surface area contributed by atoms with Gasteiger partial charge in [0.1, 0.15) is 24.5 Å². The third-order valence-corrected chi connectivity index (χ3v) is 8.52. The molecule has 10 heteroatoms. The molecule has 5 rings (SSSR count). The normalized spacial score (nSPS) is 14.2. The molecule has 0 saturated carbocycles. The van der Waals surface area contributed by atoms with Crippen molar-refractivity contribution in [3.05, 3.63) is 113 Å². The van der Waals surface area contributed by atoms with Gasteiger partial charge in [0, 0.05) is 25.0 Å². The Morgan fingerprint density at radius 2 is 1.58 bits per heavy atom. The van der Waals surface area contributed by atoms with Gasteiger partial charge in [-0.3, -0.25) is 14.6 Å². The summed E-state index contributed by atoms with van der Waals surface area (Å²) < 4.78 is 28.3. The topological polar surface area (TPSA) is 113 Å². The second kappa shape index (κ2) is 15.9. The Morgan fingerprint density at radius 3 is 2.25 bits per heavy atom. The molecule has 0 saturated heterocycles. The number of likely N-dealkylation sites (N-methyl/N-ethyl adjacent to an activating group) is 1. The Balaban J connectivity index is 1.37. The Labute approximate surface area is 280 Å². The van der Waals surface area contributed by atoms with E-state index in [0.29, 0.717) is 30.9 Å². The van der Waals surface area contributed by atoms with Crippen LogP contribution in [0.2, 0.25) is 0 Å². The van der Waals surface area contributed by atoms with Gasteiger partial charge in [-0.15, -0.1) is 0 Å². The van der Waals surface area contributed by atoms with E-state index in [4.69, 9.17) is 23.7 Å². The largest absolute Gasteiger partial charge is 0.493 e. The van der Waals surface area contributed by atoms with E-state index >= 15 is 0 Å². The number of Topliss-reactive ketones (excluding diaryl/α,β-unsaturated/α-hetero) is 1. The fourth-order valence-electron chi connectivity index (χ4n) is 5.87. The number of hydrogen-bond acceptors (Lipinski definition) is 9. The quantitative estimate of drug-likeness (QED) is 0.0927. The van der Waals surface area contributed by atoms with Crippen molar-refractivity contribution >= 4 is 17.7 Å². The summed E-state index contributed by atoms with van der Waals surface area (Å²) in [5.41, 5.74) is 3.98. The number of fused-ring (bicyclic) bond motifs is 1. The molecular formula is C38H40N2O8. The van der Waals surface area contributed by atoms with Crippen LogP contribution in [0.5, 0.6) is 23.0 Å². The zero-order valence-electron chi connectivity index (χ0n) is 27.6. The van der Waals surface area contributed by atoms with E-state index in [1.807, 2.05) is 60.7 Å². The molecule has 10 nitrogen and oxygen atoms in total. The van der Waals surface area contributed by atoms with Crippen molar-refractivity contribution in [1.82, 2.24) is 9.88 Å². The van der Waals surface area contributed by atoms with E-state index in [9.17, 15) is 14.4 Å². The first kappa shape index (κ1) is 34.0. The van der Waals surface area contributed by atoms with Crippen LogP contribution in [0.25, 0.3) is 0 Å². The molecule has 1 aromatic heterocycles. The van der Waals surface area contributed by atoms with Crippen LogP contribution in [0, 0.1) is 0 Å². The van der Waals surface area contributed by atoms with Crippen LogP contribution in [0.4, 0.5) is 0 Å². The van der Waals surface area contributed by atoms with Crippen LogP contribution in [0.15, 0.2) is 85.2 Å². The van der Waals surface area contributed by atoms with E-state index < -0.39 is 29.8 Å². The van der Waals surface area contributed by atoms with Crippen molar-refractivity contribution in [2.45, 2.75) is 50.9 Å². The summed E-state index contributed by atoms with van der Waals surface area (Å²) in [5, 5.41) is 0. The van der Waals surface area contributed by atoms with Crippen LogP contribution in [-0.4, -0.2) is 62.0 Å². The van der Waals surface area contributed by atoms with Gasteiger partial charge >= 0.3 is 5.97 Å². The molecule has 1 aliphatic carbocycles. The van der Waals surface area contributed by atoms with Crippen LogP contribution in [0.3, 0.4) is 0 Å². The summed E-state index contributed by atoms with van der Waals surface area (Å²) in [6, 6.07) is 21.1. The molecule has 0 radical (unpaired) electrons. The van der Waals surface area contributed by atoms with Crippen molar-refractivity contribution in [3.8, 4) is 23.0 Å². The summed E-state index contributed by atoms with van der Waals surface area (Å²) in [5.74, 6) is -0.854. The number of ketones is 1. The van der Waals surface area contributed by atoms with Crippen LogP contribution < -0.4 is 18.9 Å². The lowest BCUT2D eigenvalue weighted by molar-refractivity contribution is -0.159. The fraction of sp³-hybridized carbons (Fsp3) is 0.316. The van der Waals surface area contributed by atoms with Crippen molar-refractivity contribution in [1.29, 1.82) is 0 Å². The van der Waals surface area contributed by atoms with Crippen molar-refractivity contribution in [2.75, 3.05) is 28.4 Å². The Kier molecular flexibility index (Phi) is 11.3. The van der Waals surface area contributed by atoms with Gasteiger partial charge in [-0.2, -0.15) is 0 Å². The first-order valence-corrected chi connectivity index (χ1v) is 15.8. The molecule has 0 unspecified atom stereocenters. The van der Waals surface area contributed by atoms with Gasteiger partial charge < -0.3 is 28.6 Å². The summed E-state index contributed by atoms with van der Waals surface area (Å²) in [4.78, 5) is 46.5. The summed E-state index contributed by atoms with van der Waals surface area (Å²) in [6.45, 7) is 0.375. The number of carbonyl (C=O) groups excluding carboxylic acids is 3.